The number of carbonyl (C=O) groups is 2. The Labute approximate surface area is 193 Å². The van der Waals surface area contributed by atoms with Crippen LogP contribution in [0.2, 0.25) is 0 Å². The van der Waals surface area contributed by atoms with E-state index in [4.69, 9.17) is 12.2 Å². The zero-order chi connectivity index (χ0) is 21.8. The molecule has 3 amide bonds. The molecular weight excluding hydrogens is 420 g/mol. The summed E-state index contributed by atoms with van der Waals surface area (Å²) in [6, 6.07) is 13.0. The van der Waals surface area contributed by atoms with E-state index in [1.165, 1.54) is 37.0 Å². The normalized spacial score (nSPS) is 27.5. The molecule has 166 valence electrons. The molecule has 1 saturated carbocycles. The summed E-state index contributed by atoms with van der Waals surface area (Å²) in [6.07, 6.45) is 7.32. The molecule has 7 heteroatoms. The van der Waals surface area contributed by atoms with Crippen LogP contribution in [0.25, 0.3) is 10.8 Å². The van der Waals surface area contributed by atoms with Crippen LogP contribution in [0.5, 0.6) is 0 Å². The molecule has 3 atom stereocenters. The van der Waals surface area contributed by atoms with Crippen LogP contribution in [-0.4, -0.2) is 58.1 Å². The molecule has 4 fully saturated rings. The van der Waals surface area contributed by atoms with Gasteiger partial charge in [0.25, 0.3) is 5.91 Å². The number of anilines is 1. The summed E-state index contributed by atoms with van der Waals surface area (Å²) < 4.78 is 0. The molecule has 3 saturated heterocycles. The summed E-state index contributed by atoms with van der Waals surface area (Å²) >= 11 is 5.75. The van der Waals surface area contributed by atoms with Crippen LogP contribution in [0.4, 0.5) is 10.5 Å². The van der Waals surface area contributed by atoms with Crippen LogP contribution in [0.3, 0.4) is 0 Å². The van der Waals surface area contributed by atoms with Gasteiger partial charge in [0, 0.05) is 18.5 Å². The third kappa shape index (κ3) is 3.01. The van der Waals surface area contributed by atoms with E-state index in [9.17, 15) is 9.59 Å². The SMILES string of the molecule is O=C1[C@@H]2C3C[C@H](CN3C(=S)NCC3CCCCC3)N2C(=O)N1c1cccc2ccccc12. The lowest BCUT2D eigenvalue weighted by molar-refractivity contribution is -0.120. The van der Waals surface area contributed by atoms with E-state index in [-0.39, 0.29) is 24.0 Å². The zero-order valence-corrected chi connectivity index (χ0v) is 18.9. The number of rotatable bonds is 3. The van der Waals surface area contributed by atoms with E-state index >= 15 is 0 Å². The predicted octanol–water partition coefficient (Wildman–Crippen LogP) is 3.89. The Kier molecular flexibility index (Phi) is 4.82. The van der Waals surface area contributed by atoms with E-state index < -0.39 is 6.04 Å². The number of fused-ring (bicyclic) bond motifs is 6. The first-order valence-electron chi connectivity index (χ1n) is 11.8. The molecule has 1 unspecified atom stereocenters. The Morgan fingerprint density at radius 2 is 1.81 bits per heavy atom. The van der Waals surface area contributed by atoms with Crippen LogP contribution >= 0.6 is 12.2 Å². The molecule has 2 aromatic carbocycles. The number of hydrogen-bond acceptors (Lipinski definition) is 3. The number of benzene rings is 2. The molecule has 4 aliphatic rings. The van der Waals surface area contributed by atoms with E-state index in [1.807, 2.05) is 47.4 Å². The molecule has 3 heterocycles. The van der Waals surface area contributed by atoms with E-state index in [0.29, 0.717) is 18.2 Å². The first-order chi connectivity index (χ1) is 15.6. The van der Waals surface area contributed by atoms with Crippen molar-refractivity contribution in [3.05, 3.63) is 42.5 Å². The summed E-state index contributed by atoms with van der Waals surface area (Å²) in [7, 11) is 0. The number of hydrogen-bond donors (Lipinski definition) is 1. The van der Waals surface area contributed by atoms with Crippen molar-refractivity contribution in [1.29, 1.82) is 0 Å². The molecule has 0 aromatic heterocycles. The second-order valence-corrected chi connectivity index (χ2v) is 9.99. The van der Waals surface area contributed by atoms with E-state index in [2.05, 4.69) is 10.2 Å². The van der Waals surface area contributed by atoms with E-state index in [1.54, 1.807) is 0 Å². The number of nitrogens with zero attached hydrogens (tertiary/aromatic N) is 3. The maximum absolute atomic E-state index is 13.6. The Balaban J connectivity index is 1.22. The topological polar surface area (TPSA) is 55.9 Å². The van der Waals surface area contributed by atoms with Gasteiger partial charge in [-0.25, -0.2) is 9.69 Å². The van der Waals surface area contributed by atoms with Crippen molar-refractivity contribution >= 4 is 45.7 Å². The fraction of sp³-hybridized carbons (Fsp3) is 0.480. The molecule has 6 nitrogen and oxygen atoms in total. The molecule has 1 N–H and O–H groups in total. The molecule has 0 spiro atoms. The quantitative estimate of drug-likeness (QED) is 0.570. The minimum Gasteiger partial charge on any atom is -0.362 e. The Morgan fingerprint density at radius 3 is 2.66 bits per heavy atom. The Hall–Kier alpha value is -2.67. The number of imide groups is 1. The van der Waals surface area contributed by atoms with Crippen LogP contribution in [0, 0.1) is 5.92 Å². The second kappa shape index (κ2) is 7.73. The van der Waals surface area contributed by atoms with Crippen molar-refractivity contribution in [3.63, 3.8) is 0 Å². The smallest absolute Gasteiger partial charge is 0.332 e. The summed E-state index contributed by atoms with van der Waals surface area (Å²) in [6.45, 7) is 1.62. The minimum atomic E-state index is -0.449. The standard InChI is InChI=1S/C25H28N4O2S/c30-23-22-21-13-18(15-27(21)24(32)26-14-16-7-2-1-3-8-16)28(22)25(31)29(23)20-12-6-10-17-9-4-5-11-19(17)20/h4-6,9-12,16,18,21-22H,1-3,7-8,13-15H2,(H,26,32)/t18-,21?,22+/m1/s1. The van der Waals surface area contributed by atoms with Gasteiger partial charge in [-0.15, -0.1) is 0 Å². The Morgan fingerprint density at radius 1 is 1.03 bits per heavy atom. The van der Waals surface area contributed by atoms with Gasteiger partial charge in [-0.1, -0.05) is 55.7 Å². The van der Waals surface area contributed by atoms with Crippen molar-refractivity contribution in [2.24, 2.45) is 5.92 Å². The van der Waals surface area contributed by atoms with E-state index in [0.717, 1.165) is 28.9 Å². The summed E-state index contributed by atoms with van der Waals surface area (Å²) in [4.78, 5) is 32.4. The Bertz CT molecular complexity index is 1090. The van der Waals surface area contributed by atoms with Gasteiger partial charge in [-0.3, -0.25) is 4.79 Å². The fourth-order valence-electron chi connectivity index (χ4n) is 6.24. The van der Waals surface area contributed by atoms with Gasteiger partial charge in [0.1, 0.15) is 6.04 Å². The highest BCUT2D eigenvalue weighted by molar-refractivity contribution is 7.80. The average molecular weight is 449 g/mol. The molecule has 0 radical (unpaired) electrons. The maximum Gasteiger partial charge on any atom is 0.332 e. The van der Waals surface area contributed by atoms with Gasteiger partial charge in [0.05, 0.1) is 17.8 Å². The number of likely N-dealkylation sites (tertiary alicyclic amines) is 1. The zero-order valence-electron chi connectivity index (χ0n) is 18.1. The minimum absolute atomic E-state index is 0.0378. The summed E-state index contributed by atoms with van der Waals surface area (Å²) in [5.41, 5.74) is 0.677. The van der Waals surface area contributed by atoms with Gasteiger partial charge in [-0.05, 0) is 48.9 Å². The van der Waals surface area contributed by atoms with Crippen LogP contribution in [-0.2, 0) is 4.79 Å². The second-order valence-electron chi connectivity index (χ2n) is 9.61. The molecule has 2 aromatic rings. The monoisotopic (exact) mass is 448 g/mol. The lowest BCUT2D eigenvalue weighted by Gasteiger charge is -2.37. The van der Waals surface area contributed by atoms with Crippen molar-refractivity contribution in [1.82, 2.24) is 15.1 Å². The van der Waals surface area contributed by atoms with Gasteiger partial charge < -0.3 is 15.1 Å². The van der Waals surface area contributed by atoms with Gasteiger partial charge in [0.2, 0.25) is 0 Å². The fourth-order valence-corrected chi connectivity index (χ4v) is 6.53. The highest BCUT2D eigenvalue weighted by Crippen LogP contribution is 2.43. The molecular formula is C25H28N4O2S. The predicted molar refractivity (Wildman–Crippen MR) is 129 cm³/mol. The third-order valence-corrected chi connectivity index (χ3v) is 8.18. The number of amides is 3. The van der Waals surface area contributed by atoms with Gasteiger partial charge in [0.15, 0.2) is 5.11 Å². The summed E-state index contributed by atoms with van der Waals surface area (Å²) in [5.74, 6) is 0.563. The molecule has 3 aliphatic heterocycles. The largest absolute Gasteiger partial charge is 0.362 e. The first-order valence-corrected chi connectivity index (χ1v) is 12.2. The molecule has 32 heavy (non-hydrogen) atoms. The number of urea groups is 1. The number of carbonyl (C=O) groups excluding carboxylic acids is 2. The van der Waals surface area contributed by atoms with Gasteiger partial charge in [-0.2, -0.15) is 0 Å². The first kappa shape index (κ1) is 20.0. The van der Waals surface area contributed by atoms with Gasteiger partial charge >= 0.3 is 6.03 Å². The van der Waals surface area contributed by atoms with Crippen LogP contribution in [0.15, 0.2) is 42.5 Å². The van der Waals surface area contributed by atoms with Crippen LogP contribution in [0.1, 0.15) is 38.5 Å². The number of thiocarbonyl (C=S) groups is 1. The average Bonchev–Trinajstić information content (AvgIpc) is 3.49. The molecule has 1 aliphatic carbocycles. The number of nitrogens with one attached hydrogen (secondary N) is 1. The van der Waals surface area contributed by atoms with Crippen molar-refractivity contribution in [2.45, 2.75) is 56.7 Å². The summed E-state index contributed by atoms with van der Waals surface area (Å²) in [5, 5.41) is 6.17. The third-order valence-electron chi connectivity index (χ3n) is 7.80. The lowest BCUT2D eigenvalue weighted by Crippen LogP contribution is -2.57. The van der Waals surface area contributed by atoms with Crippen LogP contribution < -0.4 is 10.2 Å². The highest BCUT2D eigenvalue weighted by atomic mass is 32.1. The lowest BCUT2D eigenvalue weighted by atomic mass is 9.89. The maximum atomic E-state index is 13.6. The van der Waals surface area contributed by atoms with Crippen molar-refractivity contribution in [3.8, 4) is 0 Å². The van der Waals surface area contributed by atoms with Crippen molar-refractivity contribution in [2.75, 3.05) is 18.0 Å². The molecule has 2 bridgehead atoms. The number of piperazine rings is 1. The van der Waals surface area contributed by atoms with Crippen molar-refractivity contribution < 1.29 is 9.59 Å². The highest BCUT2D eigenvalue weighted by Gasteiger charge is 2.62. The molecule has 6 rings (SSSR count).